The van der Waals surface area contributed by atoms with Crippen LogP contribution in [0.4, 0.5) is 4.39 Å². The van der Waals surface area contributed by atoms with Crippen molar-refractivity contribution in [2.24, 2.45) is 11.1 Å². The molecule has 3 N–H and O–H groups in total. The number of rotatable bonds is 3. The normalized spacial score (nSPS) is 20.0. The molecule has 2 aliphatic rings. The third-order valence-corrected chi connectivity index (χ3v) is 5.73. The molecule has 1 aromatic carbocycles. The highest BCUT2D eigenvalue weighted by Crippen LogP contribution is 2.48. The molecule has 1 amide bonds. The summed E-state index contributed by atoms with van der Waals surface area (Å²) < 4.78 is 14.8. The van der Waals surface area contributed by atoms with E-state index < -0.39 is 23.1 Å². The summed E-state index contributed by atoms with van der Waals surface area (Å²) in [6.45, 7) is 3.88. The van der Waals surface area contributed by atoms with Crippen molar-refractivity contribution in [1.29, 1.82) is 5.26 Å². The lowest BCUT2D eigenvalue weighted by Crippen LogP contribution is -2.50. The van der Waals surface area contributed by atoms with Crippen LogP contribution in [0, 0.1) is 22.6 Å². The van der Waals surface area contributed by atoms with E-state index >= 15 is 0 Å². The minimum atomic E-state index is -0.939. The maximum Gasteiger partial charge on any atom is 0.271 e. The Hall–Kier alpha value is -3.99. The molecule has 1 aliphatic heterocycles. The van der Waals surface area contributed by atoms with Gasteiger partial charge in [-0.05, 0) is 30.0 Å². The Balaban J connectivity index is 1.89. The van der Waals surface area contributed by atoms with E-state index in [0.717, 1.165) is 0 Å². The summed E-state index contributed by atoms with van der Waals surface area (Å²) in [5.41, 5.74) is 9.92. The van der Waals surface area contributed by atoms with Gasteiger partial charge in [-0.25, -0.2) is 9.40 Å². The molecular formula is C24H22FN5O2. The monoisotopic (exact) mass is 431 g/mol. The van der Waals surface area contributed by atoms with Crippen LogP contribution in [0.2, 0.25) is 0 Å². The number of nitriles is 1. The molecule has 0 fully saturated rings. The van der Waals surface area contributed by atoms with Crippen LogP contribution in [-0.2, 0) is 4.79 Å². The van der Waals surface area contributed by atoms with Crippen LogP contribution < -0.4 is 11.2 Å². The molecule has 1 aliphatic carbocycles. The number of allylic oxidation sites excluding steroid dienone is 3. The molecule has 8 heteroatoms. The van der Waals surface area contributed by atoms with E-state index in [1.165, 1.54) is 17.3 Å². The third-order valence-electron chi connectivity index (χ3n) is 5.73. The first-order chi connectivity index (χ1) is 15.2. The minimum Gasteiger partial charge on any atom is -0.383 e. The molecule has 2 aromatic rings. The van der Waals surface area contributed by atoms with Gasteiger partial charge in [0.15, 0.2) is 5.78 Å². The van der Waals surface area contributed by atoms with Crippen molar-refractivity contribution in [1.82, 2.24) is 15.4 Å². The molecule has 1 atom stereocenters. The zero-order valence-electron chi connectivity index (χ0n) is 17.7. The quantitative estimate of drug-likeness (QED) is 0.771. The number of nitrogens with one attached hydrogen (secondary N) is 1. The van der Waals surface area contributed by atoms with Gasteiger partial charge in [0.2, 0.25) is 0 Å². The van der Waals surface area contributed by atoms with Crippen molar-refractivity contribution in [2.75, 3.05) is 0 Å². The molecule has 1 aromatic heterocycles. The van der Waals surface area contributed by atoms with Gasteiger partial charge in [0.1, 0.15) is 11.6 Å². The van der Waals surface area contributed by atoms with Gasteiger partial charge in [0, 0.05) is 30.0 Å². The minimum absolute atomic E-state index is 0.00777. The van der Waals surface area contributed by atoms with Crippen molar-refractivity contribution in [3.63, 3.8) is 0 Å². The number of amides is 1. The Bertz CT molecular complexity index is 1210. The number of hydrazine groups is 1. The van der Waals surface area contributed by atoms with Gasteiger partial charge < -0.3 is 5.73 Å². The van der Waals surface area contributed by atoms with Crippen LogP contribution in [-0.4, -0.2) is 21.7 Å². The number of nitrogens with two attached hydrogens (primary N) is 1. The zero-order valence-corrected chi connectivity index (χ0v) is 17.7. The van der Waals surface area contributed by atoms with E-state index in [1.54, 1.807) is 36.5 Å². The van der Waals surface area contributed by atoms with Gasteiger partial charge in [-0.1, -0.05) is 32.0 Å². The van der Waals surface area contributed by atoms with E-state index in [9.17, 15) is 19.2 Å². The number of carbonyl (C=O) groups excluding carboxylic acids is 2. The summed E-state index contributed by atoms with van der Waals surface area (Å²) in [7, 11) is 0. The van der Waals surface area contributed by atoms with E-state index in [-0.39, 0.29) is 34.7 Å². The number of hydrogen-bond acceptors (Lipinski definition) is 6. The fourth-order valence-electron chi connectivity index (χ4n) is 4.32. The Morgan fingerprint density at radius 1 is 1.28 bits per heavy atom. The van der Waals surface area contributed by atoms with E-state index in [2.05, 4.69) is 10.4 Å². The lowest BCUT2D eigenvalue weighted by molar-refractivity contribution is -0.118. The molecule has 0 saturated heterocycles. The van der Waals surface area contributed by atoms with Crippen molar-refractivity contribution in [2.45, 2.75) is 32.6 Å². The van der Waals surface area contributed by atoms with Gasteiger partial charge in [-0.15, -0.1) is 0 Å². The molecule has 4 rings (SSSR count). The lowest BCUT2D eigenvalue weighted by atomic mass is 9.69. The zero-order chi connectivity index (χ0) is 23.0. The van der Waals surface area contributed by atoms with Crippen LogP contribution in [0.5, 0.6) is 0 Å². The number of benzene rings is 1. The Kier molecular flexibility index (Phi) is 5.26. The smallest absolute Gasteiger partial charge is 0.271 e. The summed E-state index contributed by atoms with van der Waals surface area (Å²) in [6, 6.07) is 11.3. The molecule has 2 heterocycles. The van der Waals surface area contributed by atoms with E-state index in [1.807, 2.05) is 19.9 Å². The average Bonchev–Trinajstić information content (AvgIpc) is 2.75. The molecule has 1 unspecified atom stereocenters. The number of carbonyl (C=O) groups is 2. The first-order valence-electron chi connectivity index (χ1n) is 10.1. The van der Waals surface area contributed by atoms with Gasteiger partial charge >= 0.3 is 0 Å². The van der Waals surface area contributed by atoms with Gasteiger partial charge in [-0.2, -0.15) is 5.26 Å². The van der Waals surface area contributed by atoms with Gasteiger partial charge in [-0.3, -0.25) is 20.0 Å². The highest BCUT2D eigenvalue weighted by Gasteiger charge is 2.45. The number of aromatic nitrogens is 1. The van der Waals surface area contributed by atoms with E-state index in [4.69, 9.17) is 5.73 Å². The van der Waals surface area contributed by atoms with Crippen LogP contribution in [0.1, 0.15) is 48.5 Å². The number of Topliss-reactive ketones (excluding diaryl/α,β-unsaturated/α-hetero) is 1. The van der Waals surface area contributed by atoms with Crippen LogP contribution >= 0.6 is 0 Å². The maximum atomic E-state index is 14.8. The predicted molar refractivity (Wildman–Crippen MR) is 115 cm³/mol. The average molecular weight is 431 g/mol. The number of nitrogens with zero attached hydrogens (tertiary/aromatic N) is 3. The number of hydrogen-bond donors (Lipinski definition) is 2. The summed E-state index contributed by atoms with van der Waals surface area (Å²) in [4.78, 5) is 30.1. The fourth-order valence-corrected chi connectivity index (χ4v) is 4.32. The van der Waals surface area contributed by atoms with E-state index in [0.29, 0.717) is 17.7 Å². The molecule has 7 nitrogen and oxygen atoms in total. The Morgan fingerprint density at radius 2 is 2.03 bits per heavy atom. The van der Waals surface area contributed by atoms with Crippen molar-refractivity contribution in [3.05, 3.63) is 88.4 Å². The molecule has 0 bridgehead atoms. The molecule has 32 heavy (non-hydrogen) atoms. The van der Waals surface area contributed by atoms with Gasteiger partial charge in [0.05, 0.1) is 28.8 Å². The van der Waals surface area contributed by atoms with Crippen LogP contribution in [0.3, 0.4) is 0 Å². The largest absolute Gasteiger partial charge is 0.383 e. The number of halogens is 1. The molecule has 0 radical (unpaired) electrons. The molecule has 0 spiro atoms. The summed E-state index contributed by atoms with van der Waals surface area (Å²) in [5, 5.41) is 11.2. The second-order valence-corrected chi connectivity index (χ2v) is 8.68. The number of ketones is 1. The maximum absolute atomic E-state index is 14.8. The Labute approximate surface area is 185 Å². The first-order valence-corrected chi connectivity index (χ1v) is 10.1. The molecule has 0 saturated carbocycles. The molecular weight excluding hydrogens is 409 g/mol. The highest BCUT2D eigenvalue weighted by molar-refractivity contribution is 6.00. The van der Waals surface area contributed by atoms with Crippen molar-refractivity contribution < 1.29 is 14.0 Å². The Morgan fingerprint density at radius 3 is 2.69 bits per heavy atom. The van der Waals surface area contributed by atoms with Crippen molar-refractivity contribution >= 4 is 11.7 Å². The fraction of sp³-hybridized carbons (Fsp3) is 0.250. The van der Waals surface area contributed by atoms with Crippen LogP contribution in [0.15, 0.2) is 71.5 Å². The van der Waals surface area contributed by atoms with Crippen molar-refractivity contribution in [3.8, 4) is 6.07 Å². The standard InChI is InChI=1S/C24H22FN5O2/c1-24(2)10-18-21(19(31)11-24)20(15-7-3-4-8-17(15)25)16(12-26)22(27)30(18)29-23(32)14-6-5-9-28-13-14/h3-9,13,20H,10-11,27H2,1-2H3,(H,29,32). The predicted octanol–water partition coefficient (Wildman–Crippen LogP) is 3.30. The number of pyridine rings is 1. The second kappa shape index (κ2) is 7.93. The first kappa shape index (κ1) is 21.2. The van der Waals surface area contributed by atoms with Gasteiger partial charge in [0.25, 0.3) is 5.91 Å². The summed E-state index contributed by atoms with van der Waals surface area (Å²) in [5.74, 6) is -2.21. The topological polar surface area (TPSA) is 112 Å². The summed E-state index contributed by atoms with van der Waals surface area (Å²) >= 11 is 0. The lowest BCUT2D eigenvalue weighted by Gasteiger charge is -2.43. The van der Waals surface area contributed by atoms with Crippen LogP contribution in [0.25, 0.3) is 0 Å². The summed E-state index contributed by atoms with van der Waals surface area (Å²) in [6.07, 6.45) is 3.59. The third kappa shape index (κ3) is 3.62. The SMILES string of the molecule is CC1(C)CC(=O)C2=C(C1)N(NC(=O)c1cccnc1)C(N)=C(C#N)C2c1ccccc1F. The second-order valence-electron chi connectivity index (χ2n) is 8.68. The highest BCUT2D eigenvalue weighted by atomic mass is 19.1. The molecule has 162 valence electrons.